The van der Waals surface area contributed by atoms with Crippen LogP contribution in [-0.2, 0) is 6.54 Å². The van der Waals surface area contributed by atoms with Crippen LogP contribution >= 0.6 is 0 Å². The molecule has 1 aliphatic rings. The number of carbonyl (C=O) groups is 2. The van der Waals surface area contributed by atoms with Gasteiger partial charge < -0.3 is 21.7 Å². The largest absolute Gasteiger partial charge is 0.352 e. The maximum Gasteiger partial charge on any atom is 0.312 e. The highest BCUT2D eigenvalue weighted by Crippen LogP contribution is 2.07. The summed E-state index contributed by atoms with van der Waals surface area (Å²) in [5.41, 5.74) is 6.53. The van der Waals surface area contributed by atoms with Crippen molar-refractivity contribution in [3.63, 3.8) is 0 Å². The number of carbonyl (C=O) groups excluding carboxylic acids is 2. The zero-order valence-corrected chi connectivity index (χ0v) is 11.3. The molecule has 5 N–H and O–H groups in total. The molecule has 1 aromatic rings. The maximum absolute atomic E-state index is 12.1. The first-order valence-corrected chi connectivity index (χ1v) is 6.79. The average Bonchev–Trinajstić information content (AvgIpc) is 2.46. The molecular formula is C14H20N4O2. The molecule has 1 aromatic carbocycles. The highest BCUT2D eigenvalue weighted by Gasteiger charge is 2.16. The van der Waals surface area contributed by atoms with Crippen molar-refractivity contribution in [2.75, 3.05) is 13.1 Å². The molecule has 1 atom stereocenters. The van der Waals surface area contributed by atoms with Crippen LogP contribution < -0.4 is 21.7 Å². The number of amides is 3. The second kappa shape index (κ2) is 6.91. The van der Waals surface area contributed by atoms with Crippen LogP contribution in [0.4, 0.5) is 4.79 Å². The van der Waals surface area contributed by atoms with E-state index in [4.69, 9.17) is 5.73 Å². The van der Waals surface area contributed by atoms with Crippen LogP contribution in [0.1, 0.15) is 28.8 Å². The van der Waals surface area contributed by atoms with E-state index in [1.165, 1.54) is 0 Å². The predicted molar refractivity (Wildman–Crippen MR) is 76.2 cm³/mol. The molecule has 1 fully saturated rings. The summed E-state index contributed by atoms with van der Waals surface area (Å²) in [6, 6.07) is 6.77. The molecule has 0 spiro atoms. The molecule has 0 aromatic heterocycles. The summed E-state index contributed by atoms with van der Waals surface area (Å²) in [6.07, 6.45) is 2.10. The fourth-order valence-corrected chi connectivity index (χ4v) is 2.21. The number of urea groups is 1. The fraction of sp³-hybridized carbons (Fsp3) is 0.429. The SMILES string of the molecule is NC(=O)NCc1ccc(C(=O)NC2CCCNC2)cc1. The quantitative estimate of drug-likeness (QED) is 0.638. The van der Waals surface area contributed by atoms with Gasteiger partial charge in [-0.2, -0.15) is 0 Å². The highest BCUT2D eigenvalue weighted by atomic mass is 16.2. The Bertz CT molecular complexity index is 467. The van der Waals surface area contributed by atoms with E-state index in [1.54, 1.807) is 12.1 Å². The van der Waals surface area contributed by atoms with E-state index in [2.05, 4.69) is 16.0 Å². The molecule has 2 rings (SSSR count). The molecule has 0 radical (unpaired) electrons. The molecule has 3 amide bonds. The predicted octanol–water partition coefficient (Wildman–Crippen LogP) is 0.337. The molecule has 6 heteroatoms. The van der Waals surface area contributed by atoms with Crippen molar-refractivity contribution in [2.24, 2.45) is 5.73 Å². The van der Waals surface area contributed by atoms with E-state index >= 15 is 0 Å². The molecule has 20 heavy (non-hydrogen) atoms. The van der Waals surface area contributed by atoms with Gasteiger partial charge in [-0.3, -0.25) is 4.79 Å². The Morgan fingerprint density at radius 3 is 2.65 bits per heavy atom. The molecule has 108 valence electrons. The Labute approximate surface area is 118 Å². The van der Waals surface area contributed by atoms with Crippen molar-refractivity contribution in [3.8, 4) is 0 Å². The number of rotatable bonds is 4. The van der Waals surface area contributed by atoms with Crippen LogP contribution in [0.25, 0.3) is 0 Å². The number of primary amides is 1. The lowest BCUT2D eigenvalue weighted by molar-refractivity contribution is 0.0930. The molecular weight excluding hydrogens is 256 g/mol. The van der Waals surface area contributed by atoms with Crippen LogP contribution in [0.2, 0.25) is 0 Å². The van der Waals surface area contributed by atoms with Crippen molar-refractivity contribution in [1.82, 2.24) is 16.0 Å². The Morgan fingerprint density at radius 1 is 1.30 bits per heavy atom. The molecule has 0 saturated carbocycles. The summed E-state index contributed by atoms with van der Waals surface area (Å²) in [5.74, 6) is -0.0619. The normalized spacial score (nSPS) is 18.3. The number of nitrogens with one attached hydrogen (secondary N) is 3. The Balaban J connectivity index is 1.88. The summed E-state index contributed by atoms with van der Waals surface area (Å²) in [5, 5.41) is 8.78. The van der Waals surface area contributed by atoms with Gasteiger partial charge in [0.25, 0.3) is 5.91 Å². The third-order valence-electron chi connectivity index (χ3n) is 3.31. The first-order valence-electron chi connectivity index (χ1n) is 6.79. The van der Waals surface area contributed by atoms with Crippen molar-refractivity contribution < 1.29 is 9.59 Å². The standard InChI is InChI=1S/C14H20N4O2/c15-14(20)17-8-10-3-5-11(6-4-10)13(19)18-12-2-1-7-16-9-12/h3-6,12,16H,1-2,7-9H2,(H,18,19)(H3,15,17,20). The number of hydrogen-bond acceptors (Lipinski definition) is 3. The zero-order chi connectivity index (χ0) is 14.4. The van der Waals surface area contributed by atoms with Gasteiger partial charge in [0.05, 0.1) is 0 Å². The second-order valence-corrected chi connectivity index (χ2v) is 4.93. The molecule has 0 aliphatic carbocycles. The van der Waals surface area contributed by atoms with Gasteiger partial charge in [0.1, 0.15) is 0 Å². The molecule has 0 bridgehead atoms. The Morgan fingerprint density at radius 2 is 2.05 bits per heavy atom. The average molecular weight is 276 g/mol. The minimum Gasteiger partial charge on any atom is -0.352 e. The second-order valence-electron chi connectivity index (χ2n) is 4.93. The summed E-state index contributed by atoms with van der Waals surface area (Å²) in [6.45, 7) is 2.21. The van der Waals surface area contributed by atoms with E-state index in [-0.39, 0.29) is 11.9 Å². The number of benzene rings is 1. The van der Waals surface area contributed by atoms with Crippen molar-refractivity contribution in [2.45, 2.75) is 25.4 Å². The molecule has 1 aliphatic heterocycles. The third kappa shape index (κ3) is 4.24. The van der Waals surface area contributed by atoms with Crippen molar-refractivity contribution in [3.05, 3.63) is 35.4 Å². The lowest BCUT2D eigenvalue weighted by Crippen LogP contribution is -2.45. The van der Waals surface area contributed by atoms with Crippen LogP contribution in [0.3, 0.4) is 0 Å². The van der Waals surface area contributed by atoms with Gasteiger partial charge in [-0.1, -0.05) is 12.1 Å². The van der Waals surface area contributed by atoms with Gasteiger partial charge in [0.15, 0.2) is 0 Å². The molecule has 1 heterocycles. The number of piperidine rings is 1. The van der Waals surface area contributed by atoms with E-state index in [0.717, 1.165) is 31.5 Å². The summed E-state index contributed by atoms with van der Waals surface area (Å²) in [7, 11) is 0. The van der Waals surface area contributed by atoms with Crippen LogP contribution in [0.15, 0.2) is 24.3 Å². The summed E-state index contributed by atoms with van der Waals surface area (Å²) in [4.78, 5) is 22.7. The summed E-state index contributed by atoms with van der Waals surface area (Å²) < 4.78 is 0. The number of hydrogen-bond donors (Lipinski definition) is 4. The minimum absolute atomic E-state index is 0.0619. The van der Waals surface area contributed by atoms with E-state index in [9.17, 15) is 9.59 Å². The van der Waals surface area contributed by atoms with Gasteiger partial charge in [0, 0.05) is 24.7 Å². The Hall–Kier alpha value is -2.08. The van der Waals surface area contributed by atoms with Crippen molar-refractivity contribution >= 4 is 11.9 Å². The zero-order valence-electron chi connectivity index (χ0n) is 11.3. The van der Waals surface area contributed by atoms with Gasteiger partial charge >= 0.3 is 6.03 Å². The van der Waals surface area contributed by atoms with Gasteiger partial charge in [-0.25, -0.2) is 4.79 Å². The minimum atomic E-state index is -0.559. The number of nitrogens with two attached hydrogens (primary N) is 1. The summed E-state index contributed by atoms with van der Waals surface area (Å²) >= 11 is 0. The van der Waals surface area contributed by atoms with E-state index in [1.807, 2.05) is 12.1 Å². The van der Waals surface area contributed by atoms with Crippen LogP contribution in [-0.4, -0.2) is 31.1 Å². The highest BCUT2D eigenvalue weighted by molar-refractivity contribution is 5.94. The molecule has 6 nitrogen and oxygen atoms in total. The third-order valence-corrected chi connectivity index (χ3v) is 3.31. The lowest BCUT2D eigenvalue weighted by atomic mass is 10.1. The topological polar surface area (TPSA) is 96.2 Å². The van der Waals surface area contributed by atoms with Gasteiger partial charge in [-0.05, 0) is 37.1 Å². The molecule has 1 unspecified atom stereocenters. The first-order chi connectivity index (χ1) is 9.65. The van der Waals surface area contributed by atoms with E-state index < -0.39 is 6.03 Å². The van der Waals surface area contributed by atoms with Crippen molar-refractivity contribution in [1.29, 1.82) is 0 Å². The van der Waals surface area contributed by atoms with E-state index in [0.29, 0.717) is 12.1 Å². The lowest BCUT2D eigenvalue weighted by Gasteiger charge is -2.23. The smallest absolute Gasteiger partial charge is 0.312 e. The van der Waals surface area contributed by atoms with Crippen LogP contribution in [0.5, 0.6) is 0 Å². The fourth-order valence-electron chi connectivity index (χ4n) is 2.21. The monoisotopic (exact) mass is 276 g/mol. The molecule has 1 saturated heterocycles. The van der Waals surface area contributed by atoms with Gasteiger partial charge in [0.2, 0.25) is 0 Å². The first kappa shape index (κ1) is 14.3. The van der Waals surface area contributed by atoms with Gasteiger partial charge in [-0.15, -0.1) is 0 Å². The maximum atomic E-state index is 12.1. The Kier molecular flexibility index (Phi) is 4.95. The van der Waals surface area contributed by atoms with Crippen LogP contribution in [0, 0.1) is 0 Å².